The van der Waals surface area contributed by atoms with Crippen LogP contribution in [0.3, 0.4) is 0 Å². The molecule has 1 fully saturated rings. The monoisotopic (exact) mass is 278 g/mol. The van der Waals surface area contributed by atoms with E-state index in [2.05, 4.69) is 10.6 Å². The lowest BCUT2D eigenvalue weighted by molar-refractivity contribution is -0.134. The molecule has 1 unspecified atom stereocenters. The normalized spacial score (nSPS) is 18.8. The maximum atomic E-state index is 11.9. The zero-order valence-electron chi connectivity index (χ0n) is 11.9. The average molecular weight is 278 g/mol. The van der Waals surface area contributed by atoms with E-state index < -0.39 is 0 Å². The van der Waals surface area contributed by atoms with Crippen molar-refractivity contribution in [3.8, 4) is 0 Å². The number of ether oxygens (including phenoxy) is 2. The summed E-state index contributed by atoms with van der Waals surface area (Å²) in [6, 6.07) is 8.06. The number of amides is 1. The lowest BCUT2D eigenvalue weighted by Crippen LogP contribution is -2.47. The molecule has 1 aliphatic heterocycles. The Hall–Kier alpha value is -1.43. The third kappa shape index (κ3) is 4.59. The SMILES string of the molecule is CCOCc1ccc(CNC(=O)C2CNCCO2)cc1. The van der Waals surface area contributed by atoms with Crippen LogP contribution >= 0.6 is 0 Å². The van der Waals surface area contributed by atoms with E-state index in [1.807, 2.05) is 31.2 Å². The van der Waals surface area contributed by atoms with Crippen LogP contribution in [0.15, 0.2) is 24.3 Å². The molecule has 1 amide bonds. The van der Waals surface area contributed by atoms with Crippen LogP contribution in [0.25, 0.3) is 0 Å². The van der Waals surface area contributed by atoms with Gasteiger partial charge < -0.3 is 20.1 Å². The Morgan fingerprint density at radius 3 is 2.80 bits per heavy atom. The molecule has 0 aromatic heterocycles. The van der Waals surface area contributed by atoms with E-state index in [1.54, 1.807) is 0 Å². The summed E-state index contributed by atoms with van der Waals surface area (Å²) < 4.78 is 10.7. The summed E-state index contributed by atoms with van der Waals surface area (Å²) in [6.45, 7) is 5.83. The Morgan fingerprint density at radius 1 is 1.40 bits per heavy atom. The predicted molar refractivity (Wildman–Crippen MR) is 76.2 cm³/mol. The number of carbonyl (C=O) groups excluding carboxylic acids is 1. The Bertz CT molecular complexity index is 414. The first kappa shape index (κ1) is 15.0. The highest BCUT2D eigenvalue weighted by Crippen LogP contribution is 2.06. The van der Waals surface area contributed by atoms with Crippen molar-refractivity contribution in [2.75, 3.05) is 26.3 Å². The van der Waals surface area contributed by atoms with Crippen molar-refractivity contribution in [2.45, 2.75) is 26.2 Å². The first-order chi connectivity index (χ1) is 9.79. The second-order valence-electron chi connectivity index (χ2n) is 4.73. The van der Waals surface area contributed by atoms with E-state index in [1.165, 1.54) is 0 Å². The number of hydrogen-bond acceptors (Lipinski definition) is 4. The second kappa shape index (κ2) is 7.99. The van der Waals surface area contributed by atoms with E-state index in [0.717, 1.165) is 17.7 Å². The van der Waals surface area contributed by atoms with E-state index in [0.29, 0.717) is 32.9 Å². The molecule has 0 saturated carbocycles. The summed E-state index contributed by atoms with van der Waals surface area (Å²) in [5.41, 5.74) is 2.21. The molecule has 1 aromatic carbocycles. The molecule has 5 heteroatoms. The quantitative estimate of drug-likeness (QED) is 0.809. The Labute approximate surface area is 119 Å². The van der Waals surface area contributed by atoms with Gasteiger partial charge in [0.15, 0.2) is 0 Å². The highest BCUT2D eigenvalue weighted by Gasteiger charge is 2.20. The van der Waals surface area contributed by atoms with Crippen molar-refractivity contribution in [2.24, 2.45) is 0 Å². The second-order valence-corrected chi connectivity index (χ2v) is 4.73. The number of carbonyl (C=O) groups is 1. The first-order valence-electron chi connectivity index (χ1n) is 7.05. The summed E-state index contributed by atoms with van der Waals surface area (Å²) >= 11 is 0. The molecule has 0 spiro atoms. The molecule has 1 saturated heterocycles. The zero-order chi connectivity index (χ0) is 14.2. The number of nitrogens with one attached hydrogen (secondary N) is 2. The lowest BCUT2D eigenvalue weighted by Gasteiger charge is -2.22. The van der Waals surface area contributed by atoms with Crippen LogP contribution in [0.2, 0.25) is 0 Å². The van der Waals surface area contributed by atoms with E-state index in [9.17, 15) is 4.79 Å². The summed E-state index contributed by atoms with van der Waals surface area (Å²) in [4.78, 5) is 11.9. The van der Waals surface area contributed by atoms with Gasteiger partial charge in [-0.05, 0) is 18.1 Å². The molecule has 110 valence electrons. The first-order valence-corrected chi connectivity index (χ1v) is 7.05. The van der Waals surface area contributed by atoms with Gasteiger partial charge in [0.05, 0.1) is 13.2 Å². The van der Waals surface area contributed by atoms with Crippen LogP contribution in [0.4, 0.5) is 0 Å². The molecule has 1 aromatic rings. The molecule has 0 aliphatic carbocycles. The third-order valence-electron chi connectivity index (χ3n) is 3.18. The van der Waals surface area contributed by atoms with Crippen LogP contribution < -0.4 is 10.6 Å². The van der Waals surface area contributed by atoms with Gasteiger partial charge in [-0.3, -0.25) is 4.79 Å². The molecular weight excluding hydrogens is 256 g/mol. The molecule has 1 heterocycles. The number of rotatable bonds is 6. The van der Waals surface area contributed by atoms with E-state index in [-0.39, 0.29) is 12.0 Å². The molecule has 1 atom stereocenters. The number of benzene rings is 1. The molecule has 0 bridgehead atoms. The molecule has 1 aliphatic rings. The molecule has 20 heavy (non-hydrogen) atoms. The Morgan fingerprint density at radius 2 is 2.15 bits per heavy atom. The maximum Gasteiger partial charge on any atom is 0.250 e. The van der Waals surface area contributed by atoms with Gasteiger partial charge in [0.2, 0.25) is 0 Å². The Balaban J connectivity index is 1.76. The van der Waals surface area contributed by atoms with Gasteiger partial charge in [-0.25, -0.2) is 0 Å². The highest BCUT2D eigenvalue weighted by molar-refractivity contribution is 5.81. The Kier molecular flexibility index (Phi) is 5.98. The summed E-state index contributed by atoms with van der Waals surface area (Å²) in [5, 5.41) is 6.04. The fourth-order valence-electron chi connectivity index (χ4n) is 2.01. The topological polar surface area (TPSA) is 59.6 Å². The highest BCUT2D eigenvalue weighted by atomic mass is 16.5. The van der Waals surface area contributed by atoms with Gasteiger partial charge in [-0.15, -0.1) is 0 Å². The van der Waals surface area contributed by atoms with Crippen molar-refractivity contribution in [3.05, 3.63) is 35.4 Å². The van der Waals surface area contributed by atoms with Gasteiger partial charge in [0, 0.05) is 26.2 Å². The van der Waals surface area contributed by atoms with Crippen molar-refractivity contribution in [1.82, 2.24) is 10.6 Å². The van der Waals surface area contributed by atoms with Crippen LogP contribution in [0.5, 0.6) is 0 Å². The largest absolute Gasteiger partial charge is 0.377 e. The minimum absolute atomic E-state index is 0.0596. The summed E-state index contributed by atoms with van der Waals surface area (Å²) in [5.74, 6) is -0.0596. The lowest BCUT2D eigenvalue weighted by atomic mass is 10.1. The molecule has 0 radical (unpaired) electrons. The maximum absolute atomic E-state index is 11.9. The van der Waals surface area contributed by atoms with Crippen LogP contribution in [0.1, 0.15) is 18.1 Å². The van der Waals surface area contributed by atoms with E-state index in [4.69, 9.17) is 9.47 Å². The van der Waals surface area contributed by atoms with Gasteiger partial charge in [-0.1, -0.05) is 24.3 Å². The van der Waals surface area contributed by atoms with Gasteiger partial charge in [0.25, 0.3) is 5.91 Å². The number of hydrogen-bond donors (Lipinski definition) is 2. The van der Waals surface area contributed by atoms with Crippen LogP contribution in [-0.4, -0.2) is 38.3 Å². The summed E-state index contributed by atoms with van der Waals surface area (Å²) in [7, 11) is 0. The van der Waals surface area contributed by atoms with Gasteiger partial charge in [-0.2, -0.15) is 0 Å². The smallest absolute Gasteiger partial charge is 0.250 e. The average Bonchev–Trinajstić information content (AvgIpc) is 2.52. The third-order valence-corrected chi connectivity index (χ3v) is 3.18. The standard InChI is InChI=1S/C15H22N2O3/c1-2-19-11-13-5-3-12(4-6-13)9-17-15(18)14-10-16-7-8-20-14/h3-6,14,16H,2,7-11H2,1H3,(H,17,18). The predicted octanol–water partition coefficient (Wildman–Crippen LogP) is 0.828. The van der Waals surface area contributed by atoms with Gasteiger partial charge in [0.1, 0.15) is 6.10 Å². The zero-order valence-corrected chi connectivity index (χ0v) is 11.9. The molecule has 2 N–H and O–H groups in total. The van der Waals surface area contributed by atoms with Crippen molar-refractivity contribution in [3.63, 3.8) is 0 Å². The number of morpholine rings is 1. The van der Waals surface area contributed by atoms with Crippen molar-refractivity contribution in [1.29, 1.82) is 0 Å². The minimum atomic E-state index is -0.374. The van der Waals surface area contributed by atoms with Crippen molar-refractivity contribution < 1.29 is 14.3 Å². The van der Waals surface area contributed by atoms with Crippen LogP contribution in [-0.2, 0) is 27.4 Å². The van der Waals surface area contributed by atoms with Crippen LogP contribution in [0, 0.1) is 0 Å². The van der Waals surface area contributed by atoms with E-state index >= 15 is 0 Å². The molecule has 2 rings (SSSR count). The molecule has 5 nitrogen and oxygen atoms in total. The fourth-order valence-corrected chi connectivity index (χ4v) is 2.01. The van der Waals surface area contributed by atoms with Gasteiger partial charge >= 0.3 is 0 Å². The fraction of sp³-hybridized carbons (Fsp3) is 0.533. The molecular formula is C15H22N2O3. The minimum Gasteiger partial charge on any atom is -0.377 e. The van der Waals surface area contributed by atoms with Crippen molar-refractivity contribution >= 4 is 5.91 Å². The summed E-state index contributed by atoms with van der Waals surface area (Å²) in [6.07, 6.45) is -0.374.